The third-order valence-electron chi connectivity index (χ3n) is 2.59. The molecule has 0 aromatic heterocycles. The van der Waals surface area contributed by atoms with Gasteiger partial charge in [-0.1, -0.05) is 0 Å². The molecule has 2 aliphatic rings. The number of morpholine rings is 1. The predicted molar refractivity (Wildman–Crippen MR) is 60.2 cm³/mol. The van der Waals surface area contributed by atoms with Gasteiger partial charge in [0.1, 0.15) is 0 Å². The van der Waals surface area contributed by atoms with Gasteiger partial charge in [-0.2, -0.15) is 28.8 Å². The minimum atomic E-state index is -3.21. The maximum absolute atomic E-state index is 12.1. The highest BCUT2D eigenvalue weighted by Crippen LogP contribution is 2.16. The van der Waals surface area contributed by atoms with Crippen molar-refractivity contribution in [1.29, 1.82) is 0 Å². The molecule has 7 heteroatoms. The summed E-state index contributed by atoms with van der Waals surface area (Å²) in [4.78, 5) is 0. The number of hydrogen-bond acceptors (Lipinski definition) is 4. The smallest absolute Gasteiger partial charge is 0.282 e. The van der Waals surface area contributed by atoms with Crippen molar-refractivity contribution in [3.8, 4) is 0 Å². The molecule has 0 N–H and O–H groups in total. The Labute approximate surface area is 94.9 Å². The number of nitrogens with zero attached hydrogens (tertiary/aromatic N) is 2. The number of rotatable bonds is 2. The largest absolute Gasteiger partial charge is 0.379 e. The van der Waals surface area contributed by atoms with Crippen LogP contribution >= 0.6 is 11.8 Å². The molecule has 15 heavy (non-hydrogen) atoms. The number of hydrogen-bond donors (Lipinski definition) is 0. The van der Waals surface area contributed by atoms with Crippen LogP contribution in [0.1, 0.15) is 0 Å². The van der Waals surface area contributed by atoms with Crippen LogP contribution in [-0.2, 0) is 14.9 Å². The summed E-state index contributed by atoms with van der Waals surface area (Å²) in [5, 5.41) is 0. The van der Waals surface area contributed by atoms with E-state index < -0.39 is 10.2 Å². The fourth-order valence-electron chi connectivity index (χ4n) is 1.72. The summed E-state index contributed by atoms with van der Waals surface area (Å²) in [6, 6.07) is 0. The molecule has 0 unspecified atom stereocenters. The first-order valence-electron chi connectivity index (χ1n) is 5.12. The van der Waals surface area contributed by atoms with Crippen molar-refractivity contribution < 1.29 is 13.2 Å². The lowest BCUT2D eigenvalue weighted by atomic mass is 10.5. The third kappa shape index (κ3) is 2.65. The molecule has 2 saturated heterocycles. The van der Waals surface area contributed by atoms with Crippen LogP contribution in [0.3, 0.4) is 0 Å². The van der Waals surface area contributed by atoms with Crippen molar-refractivity contribution in [2.75, 3.05) is 50.9 Å². The molecule has 5 nitrogen and oxygen atoms in total. The van der Waals surface area contributed by atoms with Gasteiger partial charge in [-0.25, -0.2) is 0 Å². The van der Waals surface area contributed by atoms with Gasteiger partial charge >= 0.3 is 0 Å². The Bertz CT molecular complexity index is 271. The first kappa shape index (κ1) is 11.7. The summed E-state index contributed by atoms with van der Waals surface area (Å²) in [7, 11) is -3.21. The van der Waals surface area contributed by atoms with Gasteiger partial charge < -0.3 is 4.74 Å². The lowest BCUT2D eigenvalue weighted by molar-refractivity contribution is 0.0703. The quantitative estimate of drug-likeness (QED) is 0.672. The lowest BCUT2D eigenvalue weighted by Crippen LogP contribution is -2.50. The van der Waals surface area contributed by atoms with Crippen molar-refractivity contribution >= 4 is 22.0 Å². The van der Waals surface area contributed by atoms with Gasteiger partial charge in [-0.3, -0.25) is 0 Å². The second kappa shape index (κ2) is 5.01. The summed E-state index contributed by atoms with van der Waals surface area (Å²) < 4.78 is 32.5. The fraction of sp³-hybridized carbons (Fsp3) is 1.00. The van der Waals surface area contributed by atoms with Crippen LogP contribution in [0, 0.1) is 0 Å². The minimum Gasteiger partial charge on any atom is -0.379 e. The number of thioether (sulfide) groups is 1. The molecule has 0 aromatic carbocycles. The predicted octanol–water partition coefficient (Wildman–Crippen LogP) is -0.388. The zero-order valence-electron chi connectivity index (χ0n) is 8.59. The van der Waals surface area contributed by atoms with Crippen LogP contribution in [0.5, 0.6) is 0 Å². The highest BCUT2D eigenvalue weighted by molar-refractivity contribution is 7.99. The second-order valence-corrected chi connectivity index (χ2v) is 6.68. The van der Waals surface area contributed by atoms with E-state index in [4.69, 9.17) is 4.74 Å². The molecule has 0 atom stereocenters. The van der Waals surface area contributed by atoms with Crippen molar-refractivity contribution in [3.05, 3.63) is 0 Å². The van der Waals surface area contributed by atoms with Crippen LogP contribution in [0.15, 0.2) is 0 Å². The van der Waals surface area contributed by atoms with Crippen molar-refractivity contribution in [1.82, 2.24) is 8.61 Å². The van der Waals surface area contributed by atoms with Crippen molar-refractivity contribution in [2.45, 2.75) is 0 Å². The molecule has 2 heterocycles. The fourth-order valence-corrected chi connectivity index (χ4v) is 4.43. The van der Waals surface area contributed by atoms with Crippen LogP contribution in [-0.4, -0.2) is 67.9 Å². The third-order valence-corrected chi connectivity index (χ3v) is 5.57. The molecule has 2 fully saturated rings. The zero-order chi connectivity index (χ0) is 10.7. The van der Waals surface area contributed by atoms with E-state index in [9.17, 15) is 8.42 Å². The van der Waals surface area contributed by atoms with Gasteiger partial charge in [0.05, 0.1) is 13.2 Å². The topological polar surface area (TPSA) is 49.9 Å². The summed E-state index contributed by atoms with van der Waals surface area (Å²) in [5.41, 5.74) is 0. The zero-order valence-corrected chi connectivity index (χ0v) is 10.2. The van der Waals surface area contributed by atoms with E-state index in [0.29, 0.717) is 39.4 Å². The van der Waals surface area contributed by atoms with E-state index in [1.54, 1.807) is 4.31 Å². The van der Waals surface area contributed by atoms with Gasteiger partial charge in [-0.15, -0.1) is 0 Å². The van der Waals surface area contributed by atoms with E-state index in [0.717, 1.165) is 11.5 Å². The SMILES string of the molecule is O=S(=O)(N1CCOCC1)N1CCSCC1. The first-order chi connectivity index (χ1) is 7.21. The molecular formula is C8H16N2O3S2. The average Bonchev–Trinajstić information content (AvgIpc) is 2.31. The van der Waals surface area contributed by atoms with E-state index in [-0.39, 0.29) is 0 Å². The number of ether oxygens (including phenoxy) is 1. The highest BCUT2D eigenvalue weighted by Gasteiger charge is 2.31. The molecule has 0 spiro atoms. The Morgan fingerprint density at radius 3 is 2.07 bits per heavy atom. The molecule has 0 amide bonds. The van der Waals surface area contributed by atoms with Crippen LogP contribution in [0.2, 0.25) is 0 Å². The highest BCUT2D eigenvalue weighted by atomic mass is 32.2. The van der Waals surface area contributed by atoms with Crippen molar-refractivity contribution in [3.63, 3.8) is 0 Å². The Hall–Kier alpha value is 0.180. The Balaban J connectivity index is 2.03. The van der Waals surface area contributed by atoms with E-state index in [1.165, 1.54) is 4.31 Å². The summed E-state index contributed by atoms with van der Waals surface area (Å²) in [6.45, 7) is 3.30. The minimum absolute atomic E-state index is 0.492. The molecule has 0 aromatic rings. The summed E-state index contributed by atoms with van der Waals surface area (Å²) >= 11 is 1.81. The van der Waals surface area contributed by atoms with E-state index in [2.05, 4.69) is 0 Å². The van der Waals surface area contributed by atoms with E-state index >= 15 is 0 Å². The second-order valence-electron chi connectivity index (χ2n) is 3.53. The maximum atomic E-state index is 12.1. The Morgan fingerprint density at radius 1 is 0.933 bits per heavy atom. The Kier molecular flexibility index (Phi) is 3.89. The molecule has 88 valence electrons. The molecule has 2 rings (SSSR count). The average molecular weight is 252 g/mol. The monoisotopic (exact) mass is 252 g/mol. The summed E-state index contributed by atoms with van der Waals surface area (Å²) in [6.07, 6.45) is 0. The normalized spacial score (nSPS) is 26.7. The standard InChI is InChI=1S/C8H16N2O3S2/c11-15(12,9-1-5-13-6-2-9)10-3-7-14-8-4-10/h1-8H2. The van der Waals surface area contributed by atoms with E-state index in [1.807, 2.05) is 11.8 Å². The van der Waals surface area contributed by atoms with Gasteiger partial charge in [0.15, 0.2) is 0 Å². The maximum Gasteiger partial charge on any atom is 0.282 e. The van der Waals surface area contributed by atoms with Crippen LogP contribution in [0.4, 0.5) is 0 Å². The molecular weight excluding hydrogens is 236 g/mol. The van der Waals surface area contributed by atoms with Gasteiger partial charge in [-0.05, 0) is 0 Å². The molecule has 0 saturated carbocycles. The Morgan fingerprint density at radius 2 is 1.47 bits per heavy atom. The summed E-state index contributed by atoms with van der Waals surface area (Å²) in [5.74, 6) is 1.81. The molecule has 2 aliphatic heterocycles. The van der Waals surface area contributed by atoms with Crippen LogP contribution < -0.4 is 0 Å². The van der Waals surface area contributed by atoms with Crippen LogP contribution in [0.25, 0.3) is 0 Å². The first-order valence-corrected chi connectivity index (χ1v) is 7.67. The van der Waals surface area contributed by atoms with Crippen molar-refractivity contribution in [2.24, 2.45) is 0 Å². The van der Waals surface area contributed by atoms with Gasteiger partial charge in [0.2, 0.25) is 0 Å². The lowest BCUT2D eigenvalue weighted by Gasteiger charge is -2.33. The molecule has 0 radical (unpaired) electrons. The van der Waals surface area contributed by atoms with Gasteiger partial charge in [0.25, 0.3) is 10.2 Å². The van der Waals surface area contributed by atoms with Gasteiger partial charge in [0, 0.05) is 37.7 Å². The molecule has 0 bridgehead atoms. The molecule has 0 aliphatic carbocycles.